The topological polar surface area (TPSA) is 18.5 Å². The van der Waals surface area contributed by atoms with Gasteiger partial charge in [-0.1, -0.05) is 0 Å². The number of hydrogen-bond donors (Lipinski definition) is 1. The van der Waals surface area contributed by atoms with Crippen molar-refractivity contribution in [2.24, 2.45) is 0 Å². The Kier molecular flexibility index (Phi) is 5.22. The molecular formula is C13H29N3. The van der Waals surface area contributed by atoms with Crippen LogP contribution in [0.1, 0.15) is 34.1 Å². The van der Waals surface area contributed by atoms with Crippen LogP contribution in [-0.2, 0) is 0 Å². The fourth-order valence-corrected chi connectivity index (χ4v) is 2.26. The lowest BCUT2D eigenvalue weighted by Gasteiger charge is -2.38. The normalized spacial score (nSPS) is 24.9. The molecule has 1 rings (SSSR count). The van der Waals surface area contributed by atoms with Crippen molar-refractivity contribution < 1.29 is 0 Å². The molecule has 1 aliphatic heterocycles. The Balaban J connectivity index is 2.13. The van der Waals surface area contributed by atoms with E-state index in [0.717, 1.165) is 6.54 Å². The number of piperazine rings is 1. The van der Waals surface area contributed by atoms with Crippen LogP contribution in [0.25, 0.3) is 0 Å². The van der Waals surface area contributed by atoms with Gasteiger partial charge in [-0.3, -0.25) is 4.90 Å². The summed E-state index contributed by atoms with van der Waals surface area (Å²) >= 11 is 0. The summed E-state index contributed by atoms with van der Waals surface area (Å²) < 4.78 is 0. The first-order chi connectivity index (χ1) is 7.38. The van der Waals surface area contributed by atoms with E-state index in [0.29, 0.717) is 6.04 Å². The van der Waals surface area contributed by atoms with Crippen LogP contribution in [-0.4, -0.2) is 61.2 Å². The van der Waals surface area contributed by atoms with Crippen LogP contribution in [0.3, 0.4) is 0 Å². The summed E-state index contributed by atoms with van der Waals surface area (Å²) in [4.78, 5) is 5.04. The van der Waals surface area contributed by atoms with E-state index in [1.54, 1.807) is 0 Å². The molecule has 1 heterocycles. The van der Waals surface area contributed by atoms with Crippen LogP contribution in [0.4, 0.5) is 0 Å². The van der Waals surface area contributed by atoms with E-state index < -0.39 is 0 Å². The van der Waals surface area contributed by atoms with Gasteiger partial charge in [0.1, 0.15) is 0 Å². The summed E-state index contributed by atoms with van der Waals surface area (Å²) in [5.74, 6) is 0. The second-order valence-corrected chi connectivity index (χ2v) is 6.18. The second kappa shape index (κ2) is 5.99. The number of hydrogen-bond acceptors (Lipinski definition) is 3. The van der Waals surface area contributed by atoms with E-state index in [1.165, 1.54) is 32.6 Å². The summed E-state index contributed by atoms with van der Waals surface area (Å²) in [5, 5.41) is 3.55. The van der Waals surface area contributed by atoms with E-state index in [4.69, 9.17) is 0 Å². The average Bonchev–Trinajstić information content (AvgIpc) is 2.13. The minimum atomic E-state index is 0.258. The molecule has 1 aliphatic rings. The molecule has 0 amide bonds. The molecule has 3 nitrogen and oxygen atoms in total. The molecule has 1 fully saturated rings. The number of nitrogens with zero attached hydrogens (tertiary/aromatic N) is 2. The monoisotopic (exact) mass is 227 g/mol. The van der Waals surface area contributed by atoms with Gasteiger partial charge in [-0.25, -0.2) is 0 Å². The molecule has 16 heavy (non-hydrogen) atoms. The van der Waals surface area contributed by atoms with Crippen molar-refractivity contribution in [1.82, 2.24) is 15.1 Å². The van der Waals surface area contributed by atoms with Crippen LogP contribution in [0.2, 0.25) is 0 Å². The van der Waals surface area contributed by atoms with Gasteiger partial charge < -0.3 is 10.2 Å². The van der Waals surface area contributed by atoms with Gasteiger partial charge in [-0.15, -0.1) is 0 Å². The lowest BCUT2D eigenvalue weighted by atomic mass is 10.1. The first-order valence-electron chi connectivity index (χ1n) is 6.56. The third-order valence-corrected chi connectivity index (χ3v) is 3.25. The van der Waals surface area contributed by atoms with Crippen LogP contribution >= 0.6 is 0 Å². The van der Waals surface area contributed by atoms with E-state index >= 15 is 0 Å². The largest absolute Gasteiger partial charge is 0.312 e. The molecule has 1 N–H and O–H groups in total. The van der Waals surface area contributed by atoms with Crippen molar-refractivity contribution in [3.8, 4) is 0 Å². The molecule has 0 aromatic rings. The molecule has 1 atom stereocenters. The third-order valence-electron chi connectivity index (χ3n) is 3.25. The van der Waals surface area contributed by atoms with E-state index in [-0.39, 0.29) is 5.54 Å². The lowest BCUT2D eigenvalue weighted by Crippen LogP contribution is -2.51. The number of likely N-dealkylation sites (N-methyl/N-ethyl adjacent to an activating group) is 1. The van der Waals surface area contributed by atoms with E-state index in [1.807, 2.05) is 0 Å². The van der Waals surface area contributed by atoms with Crippen LogP contribution < -0.4 is 5.32 Å². The van der Waals surface area contributed by atoms with Gasteiger partial charge in [0.15, 0.2) is 0 Å². The molecule has 0 radical (unpaired) electrons. The summed E-state index contributed by atoms with van der Waals surface area (Å²) in [6.07, 6.45) is 1.26. The van der Waals surface area contributed by atoms with Crippen molar-refractivity contribution in [1.29, 1.82) is 0 Å². The molecule has 0 aromatic heterocycles. The highest BCUT2D eigenvalue weighted by atomic mass is 15.3. The Morgan fingerprint density at radius 3 is 2.50 bits per heavy atom. The molecule has 3 heteroatoms. The van der Waals surface area contributed by atoms with Crippen molar-refractivity contribution in [3.63, 3.8) is 0 Å². The maximum absolute atomic E-state index is 3.55. The average molecular weight is 227 g/mol. The standard InChI is InChI=1S/C13H29N3/c1-12-11-15(5)9-10-16(12)8-6-7-14-13(2,3)4/h12,14H,6-11H2,1-5H3. The smallest absolute Gasteiger partial charge is 0.0195 e. The van der Waals surface area contributed by atoms with Gasteiger partial charge in [0, 0.05) is 31.2 Å². The molecule has 1 unspecified atom stereocenters. The van der Waals surface area contributed by atoms with Gasteiger partial charge in [0.25, 0.3) is 0 Å². The molecule has 0 aromatic carbocycles. The summed E-state index contributed by atoms with van der Waals surface area (Å²) in [6.45, 7) is 15.0. The van der Waals surface area contributed by atoms with Crippen molar-refractivity contribution in [2.75, 3.05) is 39.8 Å². The SMILES string of the molecule is CC1CN(C)CCN1CCCNC(C)(C)C. The van der Waals surface area contributed by atoms with Gasteiger partial charge in [0.2, 0.25) is 0 Å². The zero-order valence-electron chi connectivity index (χ0n) is 11.7. The maximum Gasteiger partial charge on any atom is 0.0195 e. The quantitative estimate of drug-likeness (QED) is 0.733. The first kappa shape index (κ1) is 13.9. The van der Waals surface area contributed by atoms with Crippen molar-refractivity contribution in [2.45, 2.75) is 45.7 Å². The highest BCUT2D eigenvalue weighted by Crippen LogP contribution is 2.08. The summed E-state index contributed by atoms with van der Waals surface area (Å²) in [7, 11) is 2.22. The second-order valence-electron chi connectivity index (χ2n) is 6.18. The predicted octanol–water partition coefficient (Wildman–Crippen LogP) is 1.40. The number of nitrogens with one attached hydrogen (secondary N) is 1. The Morgan fingerprint density at radius 2 is 1.94 bits per heavy atom. The zero-order valence-corrected chi connectivity index (χ0v) is 11.7. The minimum absolute atomic E-state index is 0.258. The van der Waals surface area contributed by atoms with Crippen molar-refractivity contribution in [3.05, 3.63) is 0 Å². The highest BCUT2D eigenvalue weighted by Gasteiger charge is 2.20. The highest BCUT2D eigenvalue weighted by molar-refractivity contribution is 4.78. The third kappa shape index (κ3) is 5.28. The molecule has 0 saturated carbocycles. The predicted molar refractivity (Wildman–Crippen MR) is 70.9 cm³/mol. The fourth-order valence-electron chi connectivity index (χ4n) is 2.26. The molecule has 0 spiro atoms. The molecule has 0 bridgehead atoms. The lowest BCUT2D eigenvalue weighted by molar-refractivity contribution is 0.0986. The molecule has 0 aliphatic carbocycles. The first-order valence-corrected chi connectivity index (χ1v) is 6.56. The summed E-state index contributed by atoms with van der Waals surface area (Å²) in [6, 6.07) is 0.716. The van der Waals surface area contributed by atoms with E-state index in [9.17, 15) is 0 Å². The van der Waals surface area contributed by atoms with E-state index in [2.05, 4.69) is 49.9 Å². The van der Waals surface area contributed by atoms with Gasteiger partial charge >= 0.3 is 0 Å². The Morgan fingerprint density at radius 1 is 1.25 bits per heavy atom. The molecule has 96 valence electrons. The van der Waals surface area contributed by atoms with Gasteiger partial charge in [-0.2, -0.15) is 0 Å². The van der Waals surface area contributed by atoms with Crippen LogP contribution in [0.5, 0.6) is 0 Å². The van der Waals surface area contributed by atoms with Crippen LogP contribution in [0.15, 0.2) is 0 Å². The van der Waals surface area contributed by atoms with Crippen molar-refractivity contribution >= 4 is 0 Å². The Labute approximate surface area is 101 Å². The van der Waals surface area contributed by atoms with Crippen LogP contribution in [0, 0.1) is 0 Å². The Bertz CT molecular complexity index is 198. The fraction of sp³-hybridized carbons (Fsp3) is 1.00. The zero-order chi connectivity index (χ0) is 12.2. The minimum Gasteiger partial charge on any atom is -0.312 e. The number of rotatable bonds is 4. The maximum atomic E-state index is 3.55. The van der Waals surface area contributed by atoms with Gasteiger partial charge in [-0.05, 0) is 54.3 Å². The summed E-state index contributed by atoms with van der Waals surface area (Å²) in [5.41, 5.74) is 0.258. The molecular weight excluding hydrogens is 198 g/mol. The Hall–Kier alpha value is -0.120. The molecule has 1 saturated heterocycles. The van der Waals surface area contributed by atoms with Gasteiger partial charge in [0.05, 0.1) is 0 Å².